The number of fused-ring (bicyclic) bond motifs is 2. The van der Waals surface area contributed by atoms with Gasteiger partial charge in [0.15, 0.2) is 17.0 Å². The average molecular weight is 532 g/mol. The number of hydrogen-bond acceptors (Lipinski definition) is 9. The second kappa shape index (κ2) is 10.1. The highest BCUT2D eigenvalue weighted by molar-refractivity contribution is 5.86. The number of anilines is 1. The third-order valence-corrected chi connectivity index (χ3v) is 8.26. The first-order valence-corrected chi connectivity index (χ1v) is 14.1. The Morgan fingerprint density at radius 2 is 1.62 bits per heavy atom. The van der Waals surface area contributed by atoms with Gasteiger partial charge in [0.05, 0.1) is 44.0 Å². The normalized spacial score (nSPS) is 19.9. The summed E-state index contributed by atoms with van der Waals surface area (Å²) in [6.45, 7) is 14.0. The minimum atomic E-state index is 0.219. The van der Waals surface area contributed by atoms with Crippen LogP contribution in [-0.4, -0.2) is 111 Å². The van der Waals surface area contributed by atoms with Crippen LogP contribution in [0, 0.1) is 0 Å². The van der Waals surface area contributed by atoms with E-state index in [2.05, 4.69) is 56.9 Å². The SMILES string of the molecule is CC(C)c1nc2ccccc2n1-c1nc(N2CCOCC2)c2nc(CN3CC(N4CCOCC4)C3)n(C)c2n1. The predicted molar refractivity (Wildman–Crippen MR) is 150 cm³/mol. The predicted octanol–water partition coefficient (Wildman–Crippen LogP) is 2.18. The molecule has 6 heterocycles. The lowest BCUT2D eigenvalue weighted by Crippen LogP contribution is -2.61. The summed E-state index contributed by atoms with van der Waals surface area (Å²) in [6, 6.07) is 8.84. The number of aromatic nitrogens is 6. The number of morpholine rings is 2. The average Bonchev–Trinajstić information content (AvgIpc) is 3.49. The van der Waals surface area contributed by atoms with Crippen molar-refractivity contribution in [3.63, 3.8) is 0 Å². The van der Waals surface area contributed by atoms with Crippen molar-refractivity contribution in [2.45, 2.75) is 32.4 Å². The van der Waals surface area contributed by atoms with Crippen molar-refractivity contribution in [3.05, 3.63) is 35.9 Å². The highest BCUT2D eigenvalue weighted by Crippen LogP contribution is 2.30. The number of hydrogen-bond donors (Lipinski definition) is 0. The Kier molecular flexibility index (Phi) is 6.46. The first-order valence-electron chi connectivity index (χ1n) is 14.1. The number of benzene rings is 1. The van der Waals surface area contributed by atoms with Crippen LogP contribution in [0.5, 0.6) is 0 Å². The maximum absolute atomic E-state index is 5.66. The van der Waals surface area contributed by atoms with E-state index >= 15 is 0 Å². The topological polar surface area (TPSA) is 89.6 Å². The molecule has 0 saturated carbocycles. The number of aryl methyl sites for hydroxylation is 1. The lowest BCUT2D eigenvalue weighted by atomic mass is 10.1. The van der Waals surface area contributed by atoms with Gasteiger partial charge in [-0.25, -0.2) is 9.97 Å². The minimum Gasteiger partial charge on any atom is -0.379 e. The van der Waals surface area contributed by atoms with Gasteiger partial charge in [-0.2, -0.15) is 9.97 Å². The quantitative estimate of drug-likeness (QED) is 0.371. The number of ether oxygens (including phenoxy) is 2. The Hall–Kier alpha value is -3.12. The number of imidazole rings is 2. The Morgan fingerprint density at radius 1 is 0.897 bits per heavy atom. The number of likely N-dealkylation sites (tertiary alicyclic amines) is 1. The molecule has 39 heavy (non-hydrogen) atoms. The van der Waals surface area contributed by atoms with Gasteiger partial charge in [-0.3, -0.25) is 14.4 Å². The largest absolute Gasteiger partial charge is 0.379 e. The zero-order valence-corrected chi connectivity index (χ0v) is 23.1. The van der Waals surface area contributed by atoms with Gasteiger partial charge >= 0.3 is 0 Å². The van der Waals surface area contributed by atoms with Crippen LogP contribution in [-0.2, 0) is 23.1 Å². The Labute approximate surface area is 228 Å². The van der Waals surface area contributed by atoms with Gasteiger partial charge in [-0.05, 0) is 12.1 Å². The molecular formula is C28H37N9O2. The molecule has 3 saturated heterocycles. The highest BCUT2D eigenvalue weighted by atomic mass is 16.5. The summed E-state index contributed by atoms with van der Waals surface area (Å²) in [7, 11) is 2.08. The number of rotatable bonds is 6. The molecule has 7 rings (SSSR count). The molecule has 0 spiro atoms. The molecule has 3 fully saturated rings. The van der Waals surface area contributed by atoms with E-state index in [1.807, 2.05) is 12.1 Å². The molecule has 0 bridgehead atoms. The van der Waals surface area contributed by atoms with E-state index < -0.39 is 0 Å². The van der Waals surface area contributed by atoms with Crippen LogP contribution < -0.4 is 4.90 Å². The molecule has 11 nitrogen and oxygen atoms in total. The van der Waals surface area contributed by atoms with E-state index in [0.29, 0.717) is 25.2 Å². The molecule has 0 atom stereocenters. The fraction of sp³-hybridized carbons (Fsp3) is 0.571. The highest BCUT2D eigenvalue weighted by Gasteiger charge is 2.34. The van der Waals surface area contributed by atoms with Gasteiger partial charge in [0.25, 0.3) is 0 Å². The van der Waals surface area contributed by atoms with Gasteiger partial charge in [-0.1, -0.05) is 26.0 Å². The zero-order chi connectivity index (χ0) is 26.5. The third-order valence-electron chi connectivity index (χ3n) is 8.26. The second-order valence-electron chi connectivity index (χ2n) is 11.2. The molecule has 3 aliphatic heterocycles. The summed E-state index contributed by atoms with van der Waals surface area (Å²) >= 11 is 0. The summed E-state index contributed by atoms with van der Waals surface area (Å²) in [5, 5.41) is 0. The molecule has 0 radical (unpaired) electrons. The third kappa shape index (κ3) is 4.47. The van der Waals surface area contributed by atoms with Crippen molar-refractivity contribution < 1.29 is 9.47 Å². The molecule has 4 aromatic rings. The minimum absolute atomic E-state index is 0.219. The van der Waals surface area contributed by atoms with Crippen molar-refractivity contribution in [2.75, 3.05) is 70.6 Å². The number of nitrogens with zero attached hydrogens (tertiary/aromatic N) is 9. The molecule has 0 aliphatic carbocycles. The molecule has 0 amide bonds. The van der Waals surface area contributed by atoms with Gasteiger partial charge in [-0.15, -0.1) is 0 Å². The van der Waals surface area contributed by atoms with E-state index in [9.17, 15) is 0 Å². The Balaban J connectivity index is 1.28. The number of para-hydroxylation sites is 2. The maximum atomic E-state index is 5.66. The van der Waals surface area contributed by atoms with E-state index in [0.717, 1.165) is 98.7 Å². The molecule has 1 aromatic carbocycles. The maximum Gasteiger partial charge on any atom is 0.239 e. The van der Waals surface area contributed by atoms with Crippen LogP contribution >= 0.6 is 0 Å². The standard InChI is InChI=1S/C28H37N9O2/c1-19(2)25-29-21-6-4-5-7-22(21)37(25)28-31-26-24(27(32-28)36-10-14-39-15-11-36)30-23(33(26)3)18-34-16-20(17-34)35-8-12-38-13-9-35/h4-7,19-20H,8-18H2,1-3H3. The van der Waals surface area contributed by atoms with E-state index in [1.54, 1.807) is 0 Å². The zero-order valence-electron chi connectivity index (χ0n) is 23.1. The summed E-state index contributed by atoms with van der Waals surface area (Å²) in [5.41, 5.74) is 3.69. The van der Waals surface area contributed by atoms with E-state index in [4.69, 9.17) is 29.4 Å². The van der Waals surface area contributed by atoms with Gasteiger partial charge < -0.3 is 18.9 Å². The van der Waals surface area contributed by atoms with Crippen LogP contribution in [0.2, 0.25) is 0 Å². The van der Waals surface area contributed by atoms with Gasteiger partial charge in [0, 0.05) is 58.3 Å². The molecule has 206 valence electrons. The Bertz CT molecular complexity index is 1480. The first kappa shape index (κ1) is 24.9. The fourth-order valence-electron chi connectivity index (χ4n) is 6.00. The smallest absolute Gasteiger partial charge is 0.239 e. The van der Waals surface area contributed by atoms with Crippen LogP contribution in [0.3, 0.4) is 0 Å². The fourth-order valence-corrected chi connectivity index (χ4v) is 6.00. The van der Waals surface area contributed by atoms with Crippen molar-refractivity contribution >= 4 is 28.0 Å². The summed E-state index contributed by atoms with van der Waals surface area (Å²) in [5.74, 6) is 3.72. The molecule has 3 aromatic heterocycles. The van der Waals surface area contributed by atoms with Crippen LogP contribution in [0.15, 0.2) is 24.3 Å². The first-order chi connectivity index (χ1) is 19.1. The van der Waals surface area contributed by atoms with Crippen LogP contribution in [0.25, 0.3) is 28.1 Å². The Morgan fingerprint density at radius 3 is 2.36 bits per heavy atom. The second-order valence-corrected chi connectivity index (χ2v) is 11.2. The summed E-state index contributed by atoms with van der Waals surface area (Å²) in [6.07, 6.45) is 0. The van der Waals surface area contributed by atoms with Gasteiger partial charge in [0.2, 0.25) is 5.95 Å². The molecule has 11 heteroatoms. The van der Waals surface area contributed by atoms with Gasteiger partial charge in [0.1, 0.15) is 11.6 Å². The van der Waals surface area contributed by atoms with Crippen LogP contribution in [0.1, 0.15) is 31.4 Å². The molecule has 0 unspecified atom stereocenters. The lowest BCUT2D eigenvalue weighted by molar-refractivity contribution is -0.0352. The van der Waals surface area contributed by atoms with E-state index in [-0.39, 0.29) is 5.92 Å². The molecular weight excluding hydrogens is 494 g/mol. The monoisotopic (exact) mass is 531 g/mol. The van der Waals surface area contributed by atoms with E-state index in [1.165, 1.54) is 0 Å². The lowest BCUT2D eigenvalue weighted by Gasteiger charge is -2.46. The van der Waals surface area contributed by atoms with Crippen molar-refractivity contribution in [1.82, 2.24) is 38.9 Å². The molecule has 0 N–H and O–H groups in total. The van der Waals surface area contributed by atoms with Crippen molar-refractivity contribution in [2.24, 2.45) is 7.05 Å². The molecule has 3 aliphatic rings. The summed E-state index contributed by atoms with van der Waals surface area (Å²) < 4.78 is 15.5. The van der Waals surface area contributed by atoms with Crippen molar-refractivity contribution in [1.29, 1.82) is 0 Å². The summed E-state index contributed by atoms with van der Waals surface area (Å²) in [4.78, 5) is 27.7. The van der Waals surface area contributed by atoms with Crippen molar-refractivity contribution in [3.8, 4) is 5.95 Å². The van der Waals surface area contributed by atoms with Crippen LogP contribution in [0.4, 0.5) is 5.82 Å².